The number of hydrogen-bond donors (Lipinski definition) is 0. The van der Waals surface area contributed by atoms with E-state index in [0.29, 0.717) is 24.1 Å². The van der Waals surface area contributed by atoms with Crippen molar-refractivity contribution in [3.05, 3.63) is 35.6 Å². The summed E-state index contributed by atoms with van der Waals surface area (Å²) >= 11 is 0. The van der Waals surface area contributed by atoms with Crippen LogP contribution in [-0.2, 0) is 4.74 Å². The first-order valence-electron chi connectivity index (χ1n) is 6.84. The number of rotatable bonds is 1. The number of carbonyl (C=O) groups is 1. The molecule has 0 aliphatic carbocycles. The molecule has 2 aliphatic heterocycles. The van der Waals surface area contributed by atoms with E-state index in [9.17, 15) is 9.18 Å². The van der Waals surface area contributed by atoms with Crippen LogP contribution in [0.4, 0.5) is 4.39 Å². The molecule has 4 heteroatoms. The van der Waals surface area contributed by atoms with Crippen molar-refractivity contribution < 1.29 is 13.9 Å². The molecule has 2 aliphatic rings. The molecule has 2 saturated heterocycles. The smallest absolute Gasteiger partial charge is 0.254 e. The molecule has 3 atom stereocenters. The van der Waals surface area contributed by atoms with E-state index in [2.05, 4.69) is 6.92 Å². The summed E-state index contributed by atoms with van der Waals surface area (Å²) in [6.45, 7) is 3.45. The fraction of sp³-hybridized carbons (Fsp3) is 0.533. The molecule has 2 fully saturated rings. The molecule has 3 rings (SSSR count). The summed E-state index contributed by atoms with van der Waals surface area (Å²) in [7, 11) is 0. The quantitative estimate of drug-likeness (QED) is 0.779. The van der Waals surface area contributed by atoms with Gasteiger partial charge in [-0.25, -0.2) is 4.39 Å². The molecular formula is C15H18FNO2. The Bertz CT molecular complexity index is 491. The first kappa shape index (κ1) is 12.6. The Labute approximate surface area is 112 Å². The molecule has 0 spiro atoms. The maximum absolute atomic E-state index is 13.2. The number of ether oxygens (including phenoxy) is 1. The Hall–Kier alpha value is -1.42. The molecule has 0 unspecified atom stereocenters. The number of halogens is 1. The third-order valence-electron chi connectivity index (χ3n) is 4.10. The molecule has 102 valence electrons. The van der Waals surface area contributed by atoms with Crippen molar-refractivity contribution in [2.24, 2.45) is 5.92 Å². The van der Waals surface area contributed by atoms with Gasteiger partial charge in [-0.3, -0.25) is 4.79 Å². The Morgan fingerprint density at radius 1 is 1.47 bits per heavy atom. The molecule has 1 aromatic rings. The van der Waals surface area contributed by atoms with Crippen LogP contribution in [0.3, 0.4) is 0 Å². The zero-order chi connectivity index (χ0) is 13.4. The van der Waals surface area contributed by atoms with Crippen molar-refractivity contribution in [2.45, 2.75) is 32.0 Å². The molecule has 1 aromatic carbocycles. The van der Waals surface area contributed by atoms with Crippen molar-refractivity contribution in [1.29, 1.82) is 0 Å². The molecule has 0 aromatic heterocycles. The molecule has 1 amide bonds. The monoisotopic (exact) mass is 263 g/mol. The van der Waals surface area contributed by atoms with Crippen LogP contribution in [0.25, 0.3) is 0 Å². The molecule has 0 saturated carbocycles. The van der Waals surface area contributed by atoms with E-state index in [-0.39, 0.29) is 17.8 Å². The van der Waals surface area contributed by atoms with Crippen LogP contribution in [-0.4, -0.2) is 36.1 Å². The third kappa shape index (κ3) is 2.50. The number of likely N-dealkylation sites (tertiary alicyclic amines) is 1. The fourth-order valence-corrected chi connectivity index (χ4v) is 3.16. The average molecular weight is 263 g/mol. The summed E-state index contributed by atoms with van der Waals surface area (Å²) in [5, 5.41) is 0. The molecule has 0 bridgehead atoms. The molecule has 2 heterocycles. The predicted molar refractivity (Wildman–Crippen MR) is 69.4 cm³/mol. The van der Waals surface area contributed by atoms with Gasteiger partial charge < -0.3 is 9.64 Å². The first-order valence-corrected chi connectivity index (χ1v) is 6.84. The van der Waals surface area contributed by atoms with Gasteiger partial charge in [0.05, 0.1) is 12.2 Å². The normalized spacial score (nSPS) is 30.2. The lowest BCUT2D eigenvalue weighted by Crippen LogP contribution is -2.45. The minimum absolute atomic E-state index is 0.0962. The summed E-state index contributed by atoms with van der Waals surface area (Å²) in [5.41, 5.74) is 0.421. The van der Waals surface area contributed by atoms with Crippen LogP contribution in [0.5, 0.6) is 0 Å². The second-order valence-corrected chi connectivity index (χ2v) is 5.53. The molecule has 3 nitrogen and oxygen atoms in total. The highest BCUT2D eigenvalue weighted by atomic mass is 19.1. The Morgan fingerprint density at radius 3 is 3.11 bits per heavy atom. The number of piperidine rings is 1. The second-order valence-electron chi connectivity index (χ2n) is 5.53. The topological polar surface area (TPSA) is 29.5 Å². The number of amides is 1. The van der Waals surface area contributed by atoms with E-state index in [1.807, 2.05) is 0 Å². The average Bonchev–Trinajstić information content (AvgIpc) is 2.76. The second kappa shape index (κ2) is 4.93. The van der Waals surface area contributed by atoms with E-state index < -0.39 is 0 Å². The number of hydrogen-bond acceptors (Lipinski definition) is 2. The molecule has 0 N–H and O–H groups in total. The first-order chi connectivity index (χ1) is 9.13. The van der Waals surface area contributed by atoms with Crippen molar-refractivity contribution in [3.63, 3.8) is 0 Å². The standard InChI is InChI=1S/C15H18FNO2/c1-10-7-11-5-6-17(9-14(11)19-10)15(18)12-3-2-4-13(16)8-12/h2-4,8,10-11,14H,5-7,9H2,1H3/t10-,11+,14-/m1/s1. The third-order valence-corrected chi connectivity index (χ3v) is 4.10. The van der Waals surface area contributed by atoms with Gasteiger partial charge >= 0.3 is 0 Å². The van der Waals surface area contributed by atoms with Gasteiger partial charge in [0.25, 0.3) is 5.91 Å². The minimum Gasteiger partial charge on any atom is -0.373 e. The lowest BCUT2D eigenvalue weighted by atomic mass is 9.92. The van der Waals surface area contributed by atoms with Gasteiger partial charge in [-0.2, -0.15) is 0 Å². The van der Waals surface area contributed by atoms with Gasteiger partial charge in [0, 0.05) is 18.7 Å². The highest BCUT2D eigenvalue weighted by Gasteiger charge is 2.38. The zero-order valence-electron chi connectivity index (χ0n) is 11.0. The summed E-state index contributed by atoms with van der Waals surface area (Å²) in [4.78, 5) is 14.1. The summed E-state index contributed by atoms with van der Waals surface area (Å²) in [6, 6.07) is 5.89. The molecule has 19 heavy (non-hydrogen) atoms. The molecule has 0 radical (unpaired) electrons. The Morgan fingerprint density at radius 2 is 2.32 bits per heavy atom. The Balaban J connectivity index is 1.71. The minimum atomic E-state index is -0.369. The largest absolute Gasteiger partial charge is 0.373 e. The van der Waals surface area contributed by atoms with E-state index in [4.69, 9.17) is 4.74 Å². The van der Waals surface area contributed by atoms with Crippen LogP contribution in [0.2, 0.25) is 0 Å². The van der Waals surface area contributed by atoms with E-state index in [1.165, 1.54) is 12.1 Å². The van der Waals surface area contributed by atoms with Gasteiger partial charge in [-0.05, 0) is 43.9 Å². The lowest BCUT2D eigenvalue weighted by molar-refractivity contribution is 0.00155. The predicted octanol–water partition coefficient (Wildman–Crippen LogP) is 2.47. The number of nitrogens with zero attached hydrogens (tertiary/aromatic N) is 1. The van der Waals surface area contributed by atoms with Crippen molar-refractivity contribution in [1.82, 2.24) is 4.90 Å². The number of fused-ring (bicyclic) bond motifs is 1. The van der Waals surface area contributed by atoms with E-state index in [0.717, 1.165) is 19.4 Å². The van der Waals surface area contributed by atoms with Gasteiger partial charge in [-0.1, -0.05) is 6.07 Å². The van der Waals surface area contributed by atoms with Gasteiger partial charge in [0.15, 0.2) is 0 Å². The Kier molecular flexibility index (Phi) is 3.27. The maximum atomic E-state index is 13.2. The molecular weight excluding hydrogens is 245 g/mol. The van der Waals surface area contributed by atoms with Crippen LogP contribution in [0, 0.1) is 11.7 Å². The number of carbonyl (C=O) groups excluding carboxylic acids is 1. The fourth-order valence-electron chi connectivity index (χ4n) is 3.16. The SMILES string of the molecule is C[C@@H]1C[C@@H]2CCN(C(=O)c3cccc(F)c3)C[C@H]2O1. The van der Waals surface area contributed by atoms with Gasteiger partial charge in [0.2, 0.25) is 0 Å². The van der Waals surface area contributed by atoms with Gasteiger partial charge in [0.1, 0.15) is 5.82 Å². The maximum Gasteiger partial charge on any atom is 0.254 e. The van der Waals surface area contributed by atoms with Crippen LogP contribution in [0.15, 0.2) is 24.3 Å². The highest BCUT2D eigenvalue weighted by molar-refractivity contribution is 5.94. The number of benzene rings is 1. The highest BCUT2D eigenvalue weighted by Crippen LogP contribution is 2.33. The summed E-state index contributed by atoms with van der Waals surface area (Å²) in [5.74, 6) is 0.110. The van der Waals surface area contributed by atoms with Crippen LogP contribution in [0.1, 0.15) is 30.1 Å². The van der Waals surface area contributed by atoms with Crippen LogP contribution < -0.4 is 0 Å². The van der Waals surface area contributed by atoms with E-state index >= 15 is 0 Å². The van der Waals surface area contributed by atoms with Gasteiger partial charge in [-0.15, -0.1) is 0 Å². The van der Waals surface area contributed by atoms with Crippen molar-refractivity contribution in [2.75, 3.05) is 13.1 Å². The van der Waals surface area contributed by atoms with Crippen molar-refractivity contribution >= 4 is 5.91 Å². The van der Waals surface area contributed by atoms with Crippen LogP contribution >= 0.6 is 0 Å². The van der Waals surface area contributed by atoms with Crippen molar-refractivity contribution in [3.8, 4) is 0 Å². The summed E-state index contributed by atoms with van der Waals surface area (Å²) < 4.78 is 19.0. The zero-order valence-corrected chi connectivity index (χ0v) is 11.0. The van der Waals surface area contributed by atoms with E-state index in [1.54, 1.807) is 17.0 Å². The lowest BCUT2D eigenvalue weighted by Gasteiger charge is -2.34. The summed E-state index contributed by atoms with van der Waals surface area (Å²) in [6.07, 6.45) is 2.52.